The van der Waals surface area contributed by atoms with Crippen molar-refractivity contribution in [2.45, 2.75) is 25.0 Å². The second-order valence-corrected chi connectivity index (χ2v) is 4.75. The van der Waals surface area contributed by atoms with Gasteiger partial charge in [0.2, 0.25) is 0 Å². The summed E-state index contributed by atoms with van der Waals surface area (Å²) >= 11 is 0. The highest BCUT2D eigenvalue weighted by Gasteiger charge is 2.29. The lowest BCUT2D eigenvalue weighted by molar-refractivity contribution is -0.117. The van der Waals surface area contributed by atoms with Crippen molar-refractivity contribution in [3.63, 3.8) is 0 Å². The Bertz CT molecular complexity index is 441. The van der Waals surface area contributed by atoms with Crippen molar-refractivity contribution in [2.24, 2.45) is 5.92 Å². The summed E-state index contributed by atoms with van der Waals surface area (Å²) in [5.41, 5.74) is 0. The van der Waals surface area contributed by atoms with E-state index in [9.17, 15) is 15.0 Å². The molecular weight excluding hydrogens is 244 g/mol. The van der Waals surface area contributed by atoms with E-state index in [0.29, 0.717) is 12.2 Å². The fourth-order valence-corrected chi connectivity index (χ4v) is 2.09. The van der Waals surface area contributed by atoms with Crippen LogP contribution in [0.25, 0.3) is 0 Å². The Hall–Kier alpha value is -1.65. The van der Waals surface area contributed by atoms with E-state index in [2.05, 4.69) is 0 Å². The van der Waals surface area contributed by atoms with E-state index in [-0.39, 0.29) is 24.7 Å². The topological polar surface area (TPSA) is 66.8 Å². The Kier molecular flexibility index (Phi) is 4.71. The largest absolute Gasteiger partial charge is 0.491 e. The molecule has 0 saturated heterocycles. The number of para-hydroxylation sites is 1. The summed E-state index contributed by atoms with van der Waals surface area (Å²) in [6, 6.07) is 9.24. The van der Waals surface area contributed by atoms with Crippen LogP contribution in [0.2, 0.25) is 0 Å². The van der Waals surface area contributed by atoms with E-state index >= 15 is 0 Å². The zero-order chi connectivity index (χ0) is 13.7. The van der Waals surface area contributed by atoms with Gasteiger partial charge in [-0.2, -0.15) is 0 Å². The van der Waals surface area contributed by atoms with Crippen molar-refractivity contribution < 1.29 is 19.7 Å². The maximum atomic E-state index is 11.1. The molecule has 2 N–H and O–H groups in total. The molecule has 0 aliphatic heterocycles. The quantitative estimate of drug-likeness (QED) is 0.785. The first-order valence-corrected chi connectivity index (χ1v) is 6.39. The number of ether oxygens (including phenoxy) is 1. The maximum Gasteiger partial charge on any atom is 0.136 e. The van der Waals surface area contributed by atoms with Gasteiger partial charge in [-0.1, -0.05) is 30.4 Å². The first-order valence-electron chi connectivity index (χ1n) is 6.39. The van der Waals surface area contributed by atoms with Crippen molar-refractivity contribution in [3.05, 3.63) is 42.5 Å². The third-order valence-corrected chi connectivity index (χ3v) is 3.14. The third kappa shape index (κ3) is 4.19. The van der Waals surface area contributed by atoms with Gasteiger partial charge >= 0.3 is 0 Å². The highest BCUT2D eigenvalue weighted by Crippen LogP contribution is 2.23. The molecule has 1 fully saturated rings. The van der Waals surface area contributed by atoms with Gasteiger partial charge in [-0.25, -0.2) is 0 Å². The molecule has 0 spiro atoms. The minimum Gasteiger partial charge on any atom is -0.491 e. The zero-order valence-electron chi connectivity index (χ0n) is 10.6. The van der Waals surface area contributed by atoms with Crippen LogP contribution in [-0.2, 0) is 4.79 Å². The predicted molar refractivity (Wildman–Crippen MR) is 70.8 cm³/mol. The van der Waals surface area contributed by atoms with Gasteiger partial charge in [0.25, 0.3) is 0 Å². The number of benzene rings is 1. The first kappa shape index (κ1) is 13.8. The monoisotopic (exact) mass is 262 g/mol. The molecule has 0 aromatic heterocycles. The van der Waals surface area contributed by atoms with Gasteiger partial charge in [-0.3, -0.25) is 4.79 Å². The average Bonchev–Trinajstić information content (AvgIpc) is 2.73. The van der Waals surface area contributed by atoms with Gasteiger partial charge in [0.1, 0.15) is 24.2 Å². The number of Topliss-reactive ketones (excluding diaryl/α,β-unsaturated/α-hetero) is 1. The molecule has 102 valence electrons. The predicted octanol–water partition coefficient (Wildman–Crippen LogP) is 1.32. The van der Waals surface area contributed by atoms with E-state index in [4.69, 9.17) is 4.74 Å². The smallest absolute Gasteiger partial charge is 0.136 e. The van der Waals surface area contributed by atoms with Crippen LogP contribution in [0, 0.1) is 5.92 Å². The highest BCUT2D eigenvalue weighted by atomic mass is 16.5. The van der Waals surface area contributed by atoms with Crippen LogP contribution >= 0.6 is 0 Å². The van der Waals surface area contributed by atoms with E-state index in [1.807, 2.05) is 30.3 Å². The number of carbonyl (C=O) groups excluding carboxylic acids is 1. The fourth-order valence-electron chi connectivity index (χ4n) is 2.09. The molecule has 1 aromatic carbocycles. The van der Waals surface area contributed by atoms with E-state index < -0.39 is 12.2 Å². The molecule has 1 aliphatic rings. The SMILES string of the molecule is O=C1CC(O)[C@H](/C=C/C(O)COc2ccccc2)C1. The van der Waals surface area contributed by atoms with Gasteiger partial charge in [-0.05, 0) is 12.1 Å². The Morgan fingerprint density at radius 1 is 1.32 bits per heavy atom. The maximum absolute atomic E-state index is 11.1. The Balaban J connectivity index is 1.78. The second-order valence-electron chi connectivity index (χ2n) is 4.75. The van der Waals surface area contributed by atoms with Gasteiger partial charge in [0, 0.05) is 18.8 Å². The van der Waals surface area contributed by atoms with Crippen LogP contribution in [0.5, 0.6) is 5.75 Å². The summed E-state index contributed by atoms with van der Waals surface area (Å²) in [7, 11) is 0. The molecule has 19 heavy (non-hydrogen) atoms. The summed E-state index contributed by atoms with van der Waals surface area (Å²) in [6.07, 6.45) is 2.48. The number of carbonyl (C=O) groups is 1. The number of rotatable bonds is 5. The van der Waals surface area contributed by atoms with E-state index in [1.54, 1.807) is 12.2 Å². The minimum absolute atomic E-state index is 0.0668. The molecule has 4 heteroatoms. The Morgan fingerprint density at radius 3 is 2.68 bits per heavy atom. The molecule has 2 rings (SSSR count). The van der Waals surface area contributed by atoms with Crippen molar-refractivity contribution in [1.29, 1.82) is 0 Å². The molecule has 3 atom stereocenters. The molecule has 1 saturated carbocycles. The van der Waals surface area contributed by atoms with E-state index in [0.717, 1.165) is 0 Å². The Morgan fingerprint density at radius 2 is 2.05 bits per heavy atom. The molecule has 2 unspecified atom stereocenters. The second kappa shape index (κ2) is 6.50. The van der Waals surface area contributed by atoms with E-state index in [1.165, 1.54) is 0 Å². The number of hydrogen-bond donors (Lipinski definition) is 2. The summed E-state index contributed by atoms with van der Waals surface area (Å²) in [5.74, 6) is 0.585. The van der Waals surface area contributed by atoms with Crippen LogP contribution in [-0.4, -0.2) is 34.8 Å². The first-order chi connectivity index (χ1) is 9.15. The normalized spacial score (nSPS) is 24.8. The van der Waals surface area contributed by atoms with Crippen LogP contribution in [0.3, 0.4) is 0 Å². The lowest BCUT2D eigenvalue weighted by atomic mass is 10.0. The van der Waals surface area contributed by atoms with Crippen molar-refractivity contribution >= 4 is 5.78 Å². The number of ketones is 1. The molecule has 0 bridgehead atoms. The molecule has 0 heterocycles. The average molecular weight is 262 g/mol. The van der Waals surface area contributed by atoms with Crippen molar-refractivity contribution in [2.75, 3.05) is 6.61 Å². The molecule has 0 amide bonds. The lowest BCUT2D eigenvalue weighted by Gasteiger charge is -2.11. The van der Waals surface area contributed by atoms with Crippen molar-refractivity contribution in [3.8, 4) is 5.75 Å². The number of aliphatic hydroxyl groups is 2. The number of hydrogen-bond acceptors (Lipinski definition) is 4. The standard InChI is InChI=1S/C15H18O4/c16-12(10-19-14-4-2-1-3-5-14)7-6-11-8-13(17)9-15(11)18/h1-7,11-12,15-16,18H,8-10H2/b7-6+/t11-,12?,15?/m1/s1. The fraction of sp³-hybridized carbons (Fsp3) is 0.400. The van der Waals surface area contributed by atoms with Crippen LogP contribution in [0.15, 0.2) is 42.5 Å². The zero-order valence-corrected chi connectivity index (χ0v) is 10.6. The van der Waals surface area contributed by atoms with Crippen LogP contribution < -0.4 is 4.74 Å². The van der Waals surface area contributed by atoms with Crippen molar-refractivity contribution in [1.82, 2.24) is 0 Å². The van der Waals surface area contributed by atoms with Crippen LogP contribution in [0.1, 0.15) is 12.8 Å². The number of aliphatic hydroxyl groups excluding tert-OH is 2. The van der Waals surface area contributed by atoms with Gasteiger partial charge < -0.3 is 14.9 Å². The highest BCUT2D eigenvalue weighted by molar-refractivity contribution is 5.81. The molecule has 1 aliphatic carbocycles. The summed E-state index contributed by atoms with van der Waals surface area (Å²) in [6.45, 7) is 0.150. The lowest BCUT2D eigenvalue weighted by Crippen LogP contribution is -2.16. The minimum atomic E-state index is -0.747. The molecule has 1 aromatic rings. The summed E-state index contributed by atoms with van der Waals surface area (Å²) < 4.78 is 5.40. The molecule has 0 radical (unpaired) electrons. The summed E-state index contributed by atoms with van der Waals surface area (Å²) in [4.78, 5) is 11.1. The third-order valence-electron chi connectivity index (χ3n) is 3.14. The van der Waals surface area contributed by atoms with Gasteiger partial charge in [0.05, 0.1) is 6.10 Å². The summed E-state index contributed by atoms with van der Waals surface area (Å²) in [5, 5.41) is 19.3. The molecular formula is C15H18O4. The van der Waals surface area contributed by atoms with Gasteiger partial charge in [-0.15, -0.1) is 0 Å². The van der Waals surface area contributed by atoms with Crippen LogP contribution in [0.4, 0.5) is 0 Å². The Labute approximate surface area is 112 Å². The molecule has 4 nitrogen and oxygen atoms in total. The van der Waals surface area contributed by atoms with Gasteiger partial charge in [0.15, 0.2) is 0 Å².